The molecule has 178 valence electrons. The van der Waals surface area contributed by atoms with Crippen molar-refractivity contribution in [2.75, 3.05) is 36.2 Å². The molecule has 10 heteroatoms. The van der Waals surface area contributed by atoms with E-state index >= 15 is 0 Å². The van der Waals surface area contributed by atoms with Gasteiger partial charge in [-0.25, -0.2) is 18.4 Å². The molecule has 2 aromatic rings. The topological polar surface area (TPSA) is 96.5 Å². The lowest BCUT2D eigenvalue weighted by Gasteiger charge is -2.35. The molecule has 1 atom stereocenters. The van der Waals surface area contributed by atoms with Gasteiger partial charge in [-0.1, -0.05) is 0 Å². The van der Waals surface area contributed by atoms with Crippen LogP contribution in [0.25, 0.3) is 11.4 Å². The van der Waals surface area contributed by atoms with Crippen molar-refractivity contribution < 1.29 is 13.2 Å². The fraction of sp³-hybridized carbons (Fsp3) is 0.522. The first-order valence-corrected chi connectivity index (χ1v) is 13.5. The summed E-state index contributed by atoms with van der Waals surface area (Å²) in [6, 6.07) is 10.1. The van der Waals surface area contributed by atoms with Gasteiger partial charge < -0.3 is 20.3 Å². The van der Waals surface area contributed by atoms with Crippen molar-refractivity contribution >= 4 is 38.7 Å². The van der Waals surface area contributed by atoms with Crippen LogP contribution in [0.15, 0.2) is 30.3 Å². The van der Waals surface area contributed by atoms with Crippen LogP contribution in [-0.2, 0) is 19.3 Å². The Labute approximate surface area is 201 Å². The average Bonchev–Trinajstić information content (AvgIpc) is 3.57. The third-order valence-corrected chi connectivity index (χ3v) is 8.51. The number of benzene rings is 1. The molecule has 0 spiro atoms. The van der Waals surface area contributed by atoms with Crippen molar-refractivity contribution in [3.05, 3.63) is 36.0 Å². The number of rotatable bonds is 6. The molecule has 2 aliphatic rings. The number of thiocarbonyl (C=S) groups is 1. The Bertz CT molecular complexity index is 1130. The molecular formula is C23H31N5O3S2. The van der Waals surface area contributed by atoms with Gasteiger partial charge in [0.25, 0.3) is 0 Å². The molecule has 8 nitrogen and oxygen atoms in total. The second-order valence-electron chi connectivity index (χ2n) is 9.28. The summed E-state index contributed by atoms with van der Waals surface area (Å²) in [6.07, 6.45) is 3.55. The van der Waals surface area contributed by atoms with Crippen LogP contribution in [0.2, 0.25) is 0 Å². The molecule has 4 rings (SSSR count). The molecule has 1 aromatic carbocycles. The van der Waals surface area contributed by atoms with E-state index in [1.807, 2.05) is 24.3 Å². The number of anilines is 2. The first-order chi connectivity index (χ1) is 15.5. The molecule has 0 radical (unpaired) electrons. The highest BCUT2D eigenvalue weighted by molar-refractivity contribution is 7.91. The number of hydrogen-bond acceptors (Lipinski definition) is 7. The number of hydrogen-bond donors (Lipinski definition) is 2. The Morgan fingerprint density at radius 1 is 1.21 bits per heavy atom. The zero-order valence-corrected chi connectivity index (χ0v) is 21.1. The van der Waals surface area contributed by atoms with Crippen LogP contribution in [0, 0.1) is 0 Å². The Hall–Kier alpha value is -2.30. The first-order valence-electron chi connectivity index (χ1n) is 11.2. The highest BCUT2D eigenvalue weighted by Gasteiger charge is 2.35. The third kappa shape index (κ3) is 5.44. The molecule has 0 amide bonds. The zero-order valence-electron chi connectivity index (χ0n) is 19.5. The van der Waals surface area contributed by atoms with Crippen molar-refractivity contribution in [3.63, 3.8) is 0 Å². The van der Waals surface area contributed by atoms with E-state index in [-0.39, 0.29) is 6.04 Å². The Morgan fingerprint density at radius 2 is 1.91 bits per heavy atom. The minimum Gasteiger partial charge on any atom is -0.377 e. The Morgan fingerprint density at radius 3 is 2.52 bits per heavy atom. The minimum atomic E-state index is -3.41. The molecule has 33 heavy (non-hydrogen) atoms. The Kier molecular flexibility index (Phi) is 6.61. The fourth-order valence-corrected chi connectivity index (χ4v) is 4.33. The van der Waals surface area contributed by atoms with E-state index in [4.69, 9.17) is 26.9 Å². The van der Waals surface area contributed by atoms with Crippen LogP contribution < -0.4 is 15.5 Å². The number of nitrogens with zero attached hydrogens (tertiary/aromatic N) is 3. The van der Waals surface area contributed by atoms with Crippen LogP contribution in [0.5, 0.6) is 0 Å². The van der Waals surface area contributed by atoms with Gasteiger partial charge in [-0.2, -0.15) is 0 Å². The molecule has 1 saturated heterocycles. The van der Waals surface area contributed by atoms with Crippen molar-refractivity contribution in [2.24, 2.45) is 0 Å². The van der Waals surface area contributed by atoms with Crippen molar-refractivity contribution in [1.29, 1.82) is 0 Å². The highest BCUT2D eigenvalue weighted by Crippen LogP contribution is 2.32. The highest BCUT2D eigenvalue weighted by atomic mass is 32.2. The molecule has 2 heterocycles. The number of morpholine rings is 1. The quantitative estimate of drug-likeness (QED) is 0.593. The zero-order chi connectivity index (χ0) is 23.8. The summed E-state index contributed by atoms with van der Waals surface area (Å²) < 4.78 is 29.5. The molecular weight excluding hydrogens is 458 g/mol. The van der Waals surface area contributed by atoms with Gasteiger partial charge in [-0.3, -0.25) is 0 Å². The minimum absolute atomic E-state index is 0.127. The van der Waals surface area contributed by atoms with Crippen molar-refractivity contribution in [1.82, 2.24) is 15.3 Å². The van der Waals surface area contributed by atoms with E-state index in [0.717, 1.165) is 24.1 Å². The molecule has 1 aliphatic heterocycles. The molecule has 1 saturated carbocycles. The van der Waals surface area contributed by atoms with Crippen molar-refractivity contribution in [3.8, 4) is 11.4 Å². The maximum absolute atomic E-state index is 12.6. The predicted octanol–water partition coefficient (Wildman–Crippen LogP) is 3.10. The lowest BCUT2D eigenvalue weighted by atomic mass is 10.1. The standard InChI is InChI=1S/C23H31N5O3S2/c1-15-14-31-12-11-28(15)20-13-19(23(2,3)33(4,29)30)26-21(27-20)16-5-7-17(8-6-16)24-22(32)25-18-9-10-18/h5-8,13,15,18H,9-12,14H2,1-4H3,(H2,24,25,32). The van der Waals surface area contributed by atoms with Crippen molar-refractivity contribution in [2.45, 2.75) is 50.4 Å². The molecule has 1 aliphatic carbocycles. The summed E-state index contributed by atoms with van der Waals surface area (Å²) in [4.78, 5) is 11.7. The smallest absolute Gasteiger partial charge is 0.170 e. The first kappa shape index (κ1) is 23.8. The number of ether oxygens (including phenoxy) is 1. The van der Waals surface area contributed by atoms with Gasteiger partial charge >= 0.3 is 0 Å². The van der Waals surface area contributed by atoms with Gasteiger partial charge in [0.1, 0.15) is 10.6 Å². The van der Waals surface area contributed by atoms with Crippen LogP contribution in [0.3, 0.4) is 0 Å². The molecule has 2 N–H and O–H groups in total. The molecule has 1 aromatic heterocycles. The summed E-state index contributed by atoms with van der Waals surface area (Å²) in [5, 5.41) is 7.07. The SMILES string of the molecule is CC1COCCN1c1cc(C(C)(C)S(C)(=O)=O)nc(-c2ccc(NC(=S)NC3CC3)cc2)n1. The van der Waals surface area contributed by atoms with Gasteiger partial charge in [-0.05, 0) is 70.1 Å². The maximum Gasteiger partial charge on any atom is 0.170 e. The summed E-state index contributed by atoms with van der Waals surface area (Å²) >= 11 is 5.35. The lowest BCUT2D eigenvalue weighted by molar-refractivity contribution is 0.0985. The summed E-state index contributed by atoms with van der Waals surface area (Å²) in [5.41, 5.74) is 2.14. The monoisotopic (exact) mass is 489 g/mol. The van der Waals surface area contributed by atoms with E-state index in [9.17, 15) is 8.42 Å². The largest absolute Gasteiger partial charge is 0.377 e. The van der Waals surface area contributed by atoms with Crippen LogP contribution in [-0.4, -0.2) is 61.6 Å². The maximum atomic E-state index is 12.6. The second-order valence-corrected chi connectivity index (χ2v) is 12.3. The van der Waals surface area contributed by atoms with Crippen LogP contribution in [0.1, 0.15) is 39.3 Å². The lowest BCUT2D eigenvalue weighted by Crippen LogP contribution is -2.44. The van der Waals surface area contributed by atoms with E-state index < -0.39 is 14.6 Å². The van der Waals surface area contributed by atoms with E-state index in [2.05, 4.69) is 22.5 Å². The summed E-state index contributed by atoms with van der Waals surface area (Å²) in [7, 11) is -3.41. The van der Waals surface area contributed by atoms with E-state index in [0.29, 0.717) is 48.2 Å². The van der Waals surface area contributed by atoms with E-state index in [1.165, 1.54) is 6.26 Å². The van der Waals surface area contributed by atoms with Crippen LogP contribution in [0.4, 0.5) is 11.5 Å². The normalized spacial score (nSPS) is 19.3. The fourth-order valence-electron chi connectivity index (χ4n) is 3.56. The molecule has 0 bridgehead atoms. The second kappa shape index (κ2) is 9.15. The van der Waals surface area contributed by atoms with Gasteiger partial charge in [-0.15, -0.1) is 0 Å². The third-order valence-electron chi connectivity index (χ3n) is 6.23. The number of sulfone groups is 1. The average molecular weight is 490 g/mol. The van der Waals surface area contributed by atoms with Gasteiger partial charge in [0, 0.05) is 36.2 Å². The molecule has 1 unspecified atom stereocenters. The van der Waals surface area contributed by atoms with Gasteiger partial charge in [0.2, 0.25) is 0 Å². The Balaban J connectivity index is 1.68. The van der Waals surface area contributed by atoms with Crippen LogP contribution >= 0.6 is 12.2 Å². The summed E-state index contributed by atoms with van der Waals surface area (Å²) in [6.45, 7) is 7.32. The number of nitrogens with one attached hydrogen (secondary N) is 2. The van der Waals surface area contributed by atoms with E-state index in [1.54, 1.807) is 19.9 Å². The van der Waals surface area contributed by atoms with Gasteiger partial charge in [0.15, 0.2) is 20.8 Å². The number of aromatic nitrogens is 2. The summed E-state index contributed by atoms with van der Waals surface area (Å²) in [5.74, 6) is 1.20. The predicted molar refractivity (Wildman–Crippen MR) is 135 cm³/mol. The molecule has 2 fully saturated rings. The van der Waals surface area contributed by atoms with Gasteiger partial charge in [0.05, 0.1) is 24.9 Å².